The van der Waals surface area contributed by atoms with E-state index >= 15 is 0 Å². The highest BCUT2D eigenvalue weighted by molar-refractivity contribution is 6.16. The summed E-state index contributed by atoms with van der Waals surface area (Å²) in [6.07, 6.45) is -4.33. The van der Waals surface area contributed by atoms with Crippen molar-refractivity contribution in [2.45, 2.75) is 18.6 Å². The van der Waals surface area contributed by atoms with Gasteiger partial charge in [0.1, 0.15) is 0 Å². The van der Waals surface area contributed by atoms with E-state index in [1.54, 1.807) is 0 Å². The van der Waals surface area contributed by atoms with E-state index < -0.39 is 12.7 Å². The van der Waals surface area contributed by atoms with Crippen LogP contribution < -0.4 is 0 Å². The van der Waals surface area contributed by atoms with Gasteiger partial charge in [0.15, 0.2) is 12.4 Å². The average Bonchev–Trinajstić information content (AvgIpc) is 2.32. The first-order valence-electron chi connectivity index (χ1n) is 2.90. The first kappa shape index (κ1) is 9.24. The molecule has 0 aliphatic heterocycles. The zero-order valence-electron chi connectivity index (χ0n) is 5.71. The Hall–Kier alpha value is -0.850. The van der Waals surface area contributed by atoms with E-state index in [1.165, 1.54) is 0 Å². The van der Waals surface area contributed by atoms with E-state index in [2.05, 4.69) is 15.4 Å². The van der Waals surface area contributed by atoms with Gasteiger partial charge in [-0.15, -0.1) is 21.8 Å². The lowest BCUT2D eigenvalue weighted by Crippen LogP contribution is -2.19. The molecule has 1 rings (SSSR count). The Balaban J connectivity index is 2.64. The minimum absolute atomic E-state index is 0.0438. The van der Waals surface area contributed by atoms with Gasteiger partial charge in [0.2, 0.25) is 0 Å². The summed E-state index contributed by atoms with van der Waals surface area (Å²) >= 11 is 5.25. The Morgan fingerprint density at radius 3 is 2.50 bits per heavy atom. The van der Waals surface area contributed by atoms with Gasteiger partial charge in [-0.25, -0.2) is 0 Å². The number of hydrogen-bond acceptors (Lipinski definition) is 3. The Morgan fingerprint density at radius 1 is 1.42 bits per heavy atom. The van der Waals surface area contributed by atoms with Gasteiger partial charge in [0.05, 0.1) is 5.88 Å². The van der Waals surface area contributed by atoms with Crippen molar-refractivity contribution in [3.63, 3.8) is 0 Å². The second kappa shape index (κ2) is 3.26. The van der Waals surface area contributed by atoms with Crippen LogP contribution in [0.5, 0.6) is 0 Å². The van der Waals surface area contributed by atoms with E-state index in [9.17, 15) is 13.2 Å². The molecule has 0 radical (unpaired) electrons. The topological polar surface area (TPSA) is 43.6 Å². The van der Waals surface area contributed by atoms with Gasteiger partial charge in [-0.05, 0) is 5.21 Å². The third kappa shape index (κ3) is 2.65. The quantitative estimate of drug-likeness (QED) is 0.669. The molecule has 1 aromatic heterocycles. The van der Waals surface area contributed by atoms with Crippen molar-refractivity contribution >= 4 is 11.6 Å². The van der Waals surface area contributed by atoms with Gasteiger partial charge in [0, 0.05) is 0 Å². The van der Waals surface area contributed by atoms with Crippen LogP contribution in [0.15, 0.2) is 0 Å². The number of tetrazole rings is 1. The zero-order chi connectivity index (χ0) is 9.19. The molecule has 12 heavy (non-hydrogen) atoms. The summed E-state index contributed by atoms with van der Waals surface area (Å²) in [5.41, 5.74) is 0. The van der Waals surface area contributed by atoms with E-state index in [4.69, 9.17) is 11.6 Å². The molecular weight excluding hydrogens is 197 g/mol. The summed E-state index contributed by atoms with van der Waals surface area (Å²) in [6.45, 7) is -1.24. The van der Waals surface area contributed by atoms with Crippen LogP contribution in [0.25, 0.3) is 0 Å². The molecule has 68 valence electrons. The zero-order valence-corrected chi connectivity index (χ0v) is 6.47. The van der Waals surface area contributed by atoms with Gasteiger partial charge in [-0.3, -0.25) is 0 Å². The molecule has 0 bridgehead atoms. The molecule has 0 amide bonds. The normalized spacial score (nSPS) is 12.0. The molecule has 0 fully saturated rings. The van der Waals surface area contributed by atoms with Crippen molar-refractivity contribution in [3.05, 3.63) is 5.82 Å². The summed E-state index contributed by atoms with van der Waals surface area (Å²) < 4.78 is 35.1. The Bertz CT molecular complexity index is 257. The van der Waals surface area contributed by atoms with Crippen molar-refractivity contribution < 1.29 is 13.2 Å². The molecule has 0 unspecified atom stereocenters. The van der Waals surface area contributed by atoms with E-state index in [-0.39, 0.29) is 11.7 Å². The summed E-state index contributed by atoms with van der Waals surface area (Å²) in [6, 6.07) is 0. The maximum Gasteiger partial charge on any atom is 0.409 e. The van der Waals surface area contributed by atoms with Crippen LogP contribution in [0.1, 0.15) is 5.82 Å². The molecular formula is C4H4ClF3N4. The van der Waals surface area contributed by atoms with E-state index in [1.807, 2.05) is 0 Å². The molecule has 0 saturated carbocycles. The molecule has 0 N–H and O–H groups in total. The fourth-order valence-corrected chi connectivity index (χ4v) is 0.664. The second-order valence-corrected chi connectivity index (χ2v) is 2.25. The molecule has 0 atom stereocenters. The second-order valence-electron chi connectivity index (χ2n) is 1.98. The number of aromatic nitrogens is 4. The third-order valence-corrected chi connectivity index (χ3v) is 1.17. The van der Waals surface area contributed by atoms with Crippen LogP contribution >= 0.6 is 11.6 Å². The van der Waals surface area contributed by atoms with Crippen molar-refractivity contribution in [2.24, 2.45) is 0 Å². The Kier molecular flexibility index (Phi) is 2.51. The maximum atomic E-state index is 11.7. The van der Waals surface area contributed by atoms with Crippen LogP contribution in [0, 0.1) is 0 Å². The molecule has 0 aliphatic carbocycles. The van der Waals surface area contributed by atoms with E-state index in [0.717, 1.165) is 0 Å². The smallest absolute Gasteiger partial charge is 0.169 e. The molecule has 0 aromatic carbocycles. The first-order valence-corrected chi connectivity index (χ1v) is 3.44. The summed E-state index contributed by atoms with van der Waals surface area (Å²) in [7, 11) is 0. The number of halogens is 4. The Labute approximate surface area is 70.3 Å². The van der Waals surface area contributed by atoms with E-state index in [0.29, 0.717) is 4.80 Å². The molecule has 8 heteroatoms. The molecule has 1 aromatic rings. The van der Waals surface area contributed by atoms with Crippen LogP contribution in [0.2, 0.25) is 0 Å². The largest absolute Gasteiger partial charge is 0.409 e. The van der Waals surface area contributed by atoms with Crippen molar-refractivity contribution in [1.29, 1.82) is 0 Å². The van der Waals surface area contributed by atoms with Crippen molar-refractivity contribution in [3.8, 4) is 0 Å². The minimum Gasteiger partial charge on any atom is -0.169 e. The lowest BCUT2D eigenvalue weighted by Gasteiger charge is -2.02. The van der Waals surface area contributed by atoms with Crippen LogP contribution in [0.4, 0.5) is 13.2 Å². The molecule has 4 nitrogen and oxygen atoms in total. The number of hydrogen-bond donors (Lipinski definition) is 0. The molecule has 0 saturated heterocycles. The lowest BCUT2D eigenvalue weighted by atomic mass is 10.7. The fraction of sp³-hybridized carbons (Fsp3) is 0.750. The van der Waals surface area contributed by atoms with Crippen molar-refractivity contribution in [2.75, 3.05) is 0 Å². The molecule has 0 aliphatic rings. The number of alkyl halides is 4. The highest BCUT2D eigenvalue weighted by atomic mass is 35.5. The minimum atomic E-state index is -4.33. The van der Waals surface area contributed by atoms with Crippen molar-refractivity contribution in [1.82, 2.24) is 20.2 Å². The van der Waals surface area contributed by atoms with Crippen LogP contribution in [-0.4, -0.2) is 26.4 Å². The maximum absolute atomic E-state index is 11.7. The average molecular weight is 201 g/mol. The highest BCUT2D eigenvalue weighted by Crippen LogP contribution is 2.15. The SMILES string of the molecule is FC(F)(F)Cn1nnc(CCl)n1. The highest BCUT2D eigenvalue weighted by Gasteiger charge is 2.29. The molecule has 0 spiro atoms. The van der Waals surface area contributed by atoms with Crippen LogP contribution in [0.3, 0.4) is 0 Å². The predicted octanol–water partition coefficient (Wildman–Crippen LogP) is 0.974. The summed E-state index contributed by atoms with van der Waals surface area (Å²) in [5.74, 6) is 0.0404. The standard InChI is InChI=1S/C4H4ClF3N4/c5-1-3-9-11-12(10-3)2-4(6,7)8/h1-2H2. The number of nitrogens with zero attached hydrogens (tertiary/aromatic N) is 4. The monoisotopic (exact) mass is 200 g/mol. The van der Waals surface area contributed by atoms with Gasteiger partial charge >= 0.3 is 6.18 Å². The predicted molar refractivity (Wildman–Crippen MR) is 33.4 cm³/mol. The summed E-state index contributed by atoms with van der Waals surface area (Å²) in [5, 5.41) is 9.77. The molecule has 1 heterocycles. The third-order valence-electron chi connectivity index (χ3n) is 0.934. The van der Waals surface area contributed by atoms with Gasteiger partial charge in [0.25, 0.3) is 0 Å². The Morgan fingerprint density at radius 2 is 2.08 bits per heavy atom. The van der Waals surface area contributed by atoms with Gasteiger partial charge < -0.3 is 0 Å². The van der Waals surface area contributed by atoms with Crippen LogP contribution in [-0.2, 0) is 12.4 Å². The lowest BCUT2D eigenvalue weighted by molar-refractivity contribution is -0.145. The number of rotatable bonds is 2. The summed E-state index contributed by atoms with van der Waals surface area (Å²) in [4.78, 5) is 0.456. The fourth-order valence-electron chi connectivity index (χ4n) is 0.557. The van der Waals surface area contributed by atoms with Gasteiger partial charge in [-0.2, -0.15) is 18.0 Å². The first-order chi connectivity index (χ1) is 5.51. The van der Waals surface area contributed by atoms with Gasteiger partial charge in [-0.1, -0.05) is 0 Å².